The number of aryl methyl sites for hydroxylation is 1. The van der Waals surface area contributed by atoms with Gasteiger partial charge in [0.15, 0.2) is 0 Å². The van der Waals surface area contributed by atoms with Gasteiger partial charge in [-0.1, -0.05) is 43.0 Å². The molecule has 30 heavy (non-hydrogen) atoms. The summed E-state index contributed by atoms with van der Waals surface area (Å²) in [5.74, 6) is 0.654. The molecule has 0 radical (unpaired) electrons. The van der Waals surface area contributed by atoms with Gasteiger partial charge in [-0.15, -0.1) is 11.3 Å². The van der Waals surface area contributed by atoms with Crippen LogP contribution >= 0.6 is 11.3 Å². The second-order valence-electron chi connectivity index (χ2n) is 7.11. The van der Waals surface area contributed by atoms with Gasteiger partial charge in [0.25, 0.3) is 5.91 Å². The smallest absolute Gasteiger partial charge is 0.259 e. The topological polar surface area (TPSA) is 50.7 Å². The van der Waals surface area contributed by atoms with E-state index in [2.05, 4.69) is 11.9 Å². The summed E-state index contributed by atoms with van der Waals surface area (Å²) in [5.41, 5.74) is 3.53. The van der Waals surface area contributed by atoms with Gasteiger partial charge in [0.1, 0.15) is 17.4 Å². The largest absolute Gasteiger partial charge is 0.489 e. The molecular weight excluding hydrogens is 392 g/mol. The molecule has 1 N–H and O–H groups in total. The van der Waals surface area contributed by atoms with Crippen LogP contribution in [0.25, 0.3) is 0 Å². The van der Waals surface area contributed by atoms with E-state index in [1.54, 1.807) is 23.6 Å². The normalized spacial score (nSPS) is 13.1. The van der Waals surface area contributed by atoms with Gasteiger partial charge in [0.2, 0.25) is 0 Å². The SMILES string of the molecule is C=CCOc1ccccc1C=Nc1sc2c(c1C(=O)Nc1ccccc1)CCCC2. The second-order valence-corrected chi connectivity index (χ2v) is 8.19. The van der Waals surface area contributed by atoms with E-state index in [-0.39, 0.29) is 5.91 Å². The summed E-state index contributed by atoms with van der Waals surface area (Å²) in [6, 6.07) is 17.3. The van der Waals surface area contributed by atoms with E-state index in [9.17, 15) is 4.79 Å². The van der Waals surface area contributed by atoms with Crippen LogP contribution < -0.4 is 10.1 Å². The van der Waals surface area contributed by atoms with Crippen molar-refractivity contribution in [1.29, 1.82) is 0 Å². The Kier molecular flexibility index (Phi) is 6.40. The van der Waals surface area contributed by atoms with Crippen molar-refractivity contribution in [3.8, 4) is 5.75 Å². The van der Waals surface area contributed by atoms with Gasteiger partial charge in [-0.05, 0) is 55.5 Å². The number of rotatable bonds is 7. The van der Waals surface area contributed by atoms with E-state index >= 15 is 0 Å². The highest BCUT2D eigenvalue weighted by Crippen LogP contribution is 2.40. The molecule has 2 aromatic carbocycles. The van der Waals surface area contributed by atoms with Gasteiger partial charge in [-0.25, -0.2) is 4.99 Å². The van der Waals surface area contributed by atoms with Crippen LogP contribution in [0.4, 0.5) is 10.7 Å². The standard InChI is InChI=1S/C25H24N2O2S/c1-2-16-29-21-14-8-6-10-18(21)17-26-25-23(20-13-7-9-15-22(20)30-25)24(28)27-19-11-4-3-5-12-19/h2-6,8,10-12,14,17H,1,7,9,13,15-16H2,(H,27,28). The lowest BCUT2D eigenvalue weighted by atomic mass is 9.95. The number of aliphatic imine (C=N–C) groups is 1. The summed E-state index contributed by atoms with van der Waals surface area (Å²) in [7, 11) is 0. The van der Waals surface area contributed by atoms with Crippen molar-refractivity contribution in [2.75, 3.05) is 11.9 Å². The lowest BCUT2D eigenvalue weighted by molar-refractivity contribution is 0.102. The summed E-state index contributed by atoms with van der Waals surface area (Å²) in [5, 5.41) is 3.79. The molecule has 0 unspecified atom stereocenters. The van der Waals surface area contributed by atoms with Crippen molar-refractivity contribution >= 4 is 34.1 Å². The van der Waals surface area contributed by atoms with Gasteiger partial charge >= 0.3 is 0 Å². The third-order valence-corrected chi connectivity index (χ3v) is 6.21. The Morgan fingerprint density at radius 2 is 1.87 bits per heavy atom. The average Bonchev–Trinajstić information content (AvgIpc) is 3.16. The molecule has 0 fully saturated rings. The molecule has 1 heterocycles. The Morgan fingerprint density at radius 3 is 2.70 bits per heavy atom. The monoisotopic (exact) mass is 416 g/mol. The molecule has 0 spiro atoms. The molecule has 0 bridgehead atoms. The van der Waals surface area contributed by atoms with Gasteiger partial charge in [-0.2, -0.15) is 0 Å². The molecule has 1 aliphatic rings. The summed E-state index contributed by atoms with van der Waals surface area (Å²) < 4.78 is 5.73. The molecule has 0 saturated carbocycles. The molecular formula is C25H24N2O2S. The zero-order valence-electron chi connectivity index (χ0n) is 16.8. The molecule has 0 atom stereocenters. The van der Waals surface area contributed by atoms with E-state index in [1.165, 1.54) is 4.88 Å². The average molecular weight is 417 g/mol. The number of para-hydroxylation sites is 2. The van der Waals surface area contributed by atoms with Crippen molar-refractivity contribution in [2.45, 2.75) is 25.7 Å². The summed E-state index contributed by atoms with van der Waals surface area (Å²) in [4.78, 5) is 19.2. The molecule has 1 aromatic heterocycles. The highest BCUT2D eigenvalue weighted by molar-refractivity contribution is 7.16. The van der Waals surface area contributed by atoms with E-state index in [0.717, 1.165) is 53.2 Å². The number of hydrogen-bond donors (Lipinski definition) is 1. The first-order valence-corrected chi connectivity index (χ1v) is 11.0. The highest BCUT2D eigenvalue weighted by atomic mass is 32.1. The van der Waals surface area contributed by atoms with Crippen molar-refractivity contribution in [3.63, 3.8) is 0 Å². The third kappa shape index (κ3) is 4.52. The minimum absolute atomic E-state index is 0.0936. The van der Waals surface area contributed by atoms with Gasteiger partial charge < -0.3 is 10.1 Å². The molecule has 3 aromatic rings. The van der Waals surface area contributed by atoms with Crippen LogP contribution in [0.1, 0.15) is 39.2 Å². The zero-order chi connectivity index (χ0) is 20.8. The predicted octanol–water partition coefficient (Wildman–Crippen LogP) is 6.19. The lowest BCUT2D eigenvalue weighted by Gasteiger charge is -2.12. The fraction of sp³-hybridized carbons (Fsp3) is 0.200. The van der Waals surface area contributed by atoms with Crippen molar-refractivity contribution in [1.82, 2.24) is 0 Å². The van der Waals surface area contributed by atoms with Gasteiger partial charge in [0.05, 0.1) is 5.56 Å². The fourth-order valence-corrected chi connectivity index (χ4v) is 4.82. The Hall–Kier alpha value is -3.18. The molecule has 152 valence electrons. The van der Waals surface area contributed by atoms with E-state index in [0.29, 0.717) is 12.2 Å². The molecule has 4 nitrogen and oxygen atoms in total. The van der Waals surface area contributed by atoms with Crippen LogP contribution in [0.3, 0.4) is 0 Å². The number of hydrogen-bond acceptors (Lipinski definition) is 4. The van der Waals surface area contributed by atoms with Crippen LogP contribution in [-0.4, -0.2) is 18.7 Å². The maximum atomic E-state index is 13.2. The van der Waals surface area contributed by atoms with Crippen molar-refractivity contribution in [2.24, 2.45) is 4.99 Å². The van der Waals surface area contributed by atoms with Crippen LogP contribution in [-0.2, 0) is 12.8 Å². The molecule has 1 aliphatic carbocycles. The number of thiophene rings is 1. The molecule has 4 rings (SSSR count). The number of anilines is 1. The number of benzene rings is 2. The first-order chi connectivity index (χ1) is 14.8. The number of nitrogens with zero attached hydrogens (tertiary/aromatic N) is 1. The predicted molar refractivity (Wildman–Crippen MR) is 125 cm³/mol. The number of amides is 1. The fourth-order valence-electron chi connectivity index (χ4n) is 3.59. The molecule has 0 saturated heterocycles. The number of carbonyl (C=O) groups excluding carboxylic acids is 1. The maximum Gasteiger partial charge on any atom is 0.259 e. The quantitative estimate of drug-likeness (QED) is 0.368. The van der Waals surface area contributed by atoms with Crippen LogP contribution in [0.5, 0.6) is 5.75 Å². The maximum absolute atomic E-state index is 13.2. The van der Waals surface area contributed by atoms with E-state index < -0.39 is 0 Å². The van der Waals surface area contributed by atoms with E-state index in [1.807, 2.05) is 54.6 Å². The number of nitrogens with one attached hydrogen (secondary N) is 1. The first-order valence-electron chi connectivity index (χ1n) is 10.1. The summed E-state index contributed by atoms with van der Waals surface area (Å²) in [6.45, 7) is 4.13. The Balaban J connectivity index is 1.67. The molecule has 0 aliphatic heterocycles. The molecule has 1 amide bonds. The van der Waals surface area contributed by atoms with Crippen LogP contribution in [0.2, 0.25) is 0 Å². The number of carbonyl (C=O) groups is 1. The highest BCUT2D eigenvalue weighted by Gasteiger charge is 2.25. The number of fused-ring (bicyclic) bond motifs is 1. The Bertz CT molecular complexity index is 1070. The van der Waals surface area contributed by atoms with Crippen molar-refractivity contribution in [3.05, 3.63) is 88.8 Å². The number of ether oxygens (including phenoxy) is 1. The van der Waals surface area contributed by atoms with Gasteiger partial charge in [0, 0.05) is 22.3 Å². The first kappa shape index (κ1) is 20.1. The third-order valence-electron chi connectivity index (χ3n) is 5.01. The second kappa shape index (κ2) is 9.55. The zero-order valence-corrected chi connectivity index (χ0v) is 17.6. The van der Waals surface area contributed by atoms with Crippen LogP contribution in [0, 0.1) is 0 Å². The Labute approximate surface area is 180 Å². The summed E-state index contributed by atoms with van der Waals surface area (Å²) >= 11 is 1.63. The van der Waals surface area contributed by atoms with Crippen LogP contribution in [0.15, 0.2) is 72.2 Å². The minimum Gasteiger partial charge on any atom is -0.489 e. The summed E-state index contributed by atoms with van der Waals surface area (Å²) in [6.07, 6.45) is 7.71. The lowest BCUT2D eigenvalue weighted by Crippen LogP contribution is -2.14. The molecule has 5 heteroatoms. The minimum atomic E-state index is -0.0936. The van der Waals surface area contributed by atoms with Gasteiger partial charge in [-0.3, -0.25) is 4.79 Å². The van der Waals surface area contributed by atoms with Crippen molar-refractivity contribution < 1.29 is 9.53 Å². The van der Waals surface area contributed by atoms with E-state index in [4.69, 9.17) is 9.73 Å². The Morgan fingerprint density at radius 1 is 1.10 bits per heavy atom.